The Balaban J connectivity index is 1.44. The third kappa shape index (κ3) is 4.21. The fraction of sp³-hybridized carbons (Fsp3) is 0.227. The molecule has 0 saturated heterocycles. The first-order chi connectivity index (χ1) is 14.0. The first-order valence-corrected chi connectivity index (χ1v) is 11.3. The van der Waals surface area contributed by atoms with Crippen molar-refractivity contribution in [1.82, 2.24) is 14.8 Å². The van der Waals surface area contributed by atoms with Gasteiger partial charge in [-0.3, -0.25) is 4.79 Å². The Hall–Kier alpha value is -2.64. The van der Waals surface area contributed by atoms with Crippen LogP contribution in [0.5, 0.6) is 0 Å². The molecule has 2 aromatic carbocycles. The fourth-order valence-electron chi connectivity index (χ4n) is 3.12. The topological polar surface area (TPSA) is 59.8 Å². The van der Waals surface area contributed by atoms with E-state index in [4.69, 9.17) is 0 Å². The number of aromatic nitrogens is 3. The molecular weight excluding hydrogens is 400 g/mol. The zero-order valence-electron chi connectivity index (χ0n) is 16.5. The molecule has 0 aliphatic carbocycles. The molecule has 148 valence electrons. The van der Waals surface area contributed by atoms with Gasteiger partial charge in [0.15, 0.2) is 11.0 Å². The highest BCUT2D eigenvalue weighted by Crippen LogP contribution is 2.30. The number of nitrogens with zero attached hydrogens (tertiary/aromatic N) is 3. The van der Waals surface area contributed by atoms with Crippen molar-refractivity contribution in [2.45, 2.75) is 24.9 Å². The third-order valence-electron chi connectivity index (χ3n) is 4.68. The molecular formula is C22H22N4OS2. The van der Waals surface area contributed by atoms with E-state index in [1.165, 1.54) is 16.6 Å². The highest BCUT2D eigenvalue weighted by atomic mass is 32.2. The maximum absolute atomic E-state index is 12.5. The summed E-state index contributed by atoms with van der Waals surface area (Å²) in [7, 11) is 1.94. The largest absolute Gasteiger partial charge is 0.325 e. The lowest BCUT2D eigenvalue weighted by Gasteiger charge is -2.08. The number of hydrogen-bond donors (Lipinski definition) is 1. The van der Waals surface area contributed by atoms with E-state index >= 15 is 0 Å². The zero-order valence-corrected chi connectivity index (χ0v) is 18.2. The number of thiophene rings is 1. The monoisotopic (exact) mass is 422 g/mol. The van der Waals surface area contributed by atoms with Crippen LogP contribution in [0.2, 0.25) is 0 Å². The molecule has 2 heterocycles. The van der Waals surface area contributed by atoms with Crippen LogP contribution in [0.1, 0.15) is 24.6 Å². The van der Waals surface area contributed by atoms with Crippen molar-refractivity contribution < 1.29 is 4.79 Å². The molecule has 4 aromatic rings. The first kappa shape index (κ1) is 19.7. The van der Waals surface area contributed by atoms with Crippen molar-refractivity contribution in [2.24, 2.45) is 7.05 Å². The SMILES string of the molecule is CC(C)c1cc(-c2nnc(SCC(=O)Nc3cccc4ccccc34)n2C)cs1. The molecule has 0 saturated carbocycles. The molecule has 0 bridgehead atoms. The van der Waals surface area contributed by atoms with Crippen LogP contribution in [-0.4, -0.2) is 26.4 Å². The molecule has 0 fully saturated rings. The second-order valence-electron chi connectivity index (χ2n) is 7.12. The van der Waals surface area contributed by atoms with E-state index < -0.39 is 0 Å². The number of anilines is 1. The molecule has 29 heavy (non-hydrogen) atoms. The van der Waals surface area contributed by atoms with Crippen molar-refractivity contribution in [3.05, 3.63) is 58.8 Å². The lowest BCUT2D eigenvalue weighted by Crippen LogP contribution is -2.14. The maximum atomic E-state index is 12.5. The van der Waals surface area contributed by atoms with Gasteiger partial charge in [-0.05, 0) is 23.4 Å². The molecule has 1 N–H and O–H groups in total. The number of fused-ring (bicyclic) bond motifs is 1. The van der Waals surface area contributed by atoms with E-state index in [1.807, 2.05) is 54.1 Å². The average Bonchev–Trinajstić information content (AvgIpc) is 3.34. The number of rotatable bonds is 6. The van der Waals surface area contributed by atoms with E-state index in [2.05, 4.69) is 40.8 Å². The smallest absolute Gasteiger partial charge is 0.234 e. The van der Waals surface area contributed by atoms with Crippen LogP contribution in [0, 0.1) is 0 Å². The summed E-state index contributed by atoms with van der Waals surface area (Å²) in [6, 6.07) is 16.1. The maximum Gasteiger partial charge on any atom is 0.234 e. The molecule has 1 amide bonds. The van der Waals surface area contributed by atoms with Crippen molar-refractivity contribution in [3.63, 3.8) is 0 Å². The van der Waals surface area contributed by atoms with Gasteiger partial charge in [0, 0.05) is 33.9 Å². The summed E-state index contributed by atoms with van der Waals surface area (Å²) < 4.78 is 1.95. The molecule has 0 aliphatic rings. The predicted molar refractivity (Wildman–Crippen MR) is 122 cm³/mol. The van der Waals surface area contributed by atoms with E-state index in [1.54, 1.807) is 11.3 Å². The molecule has 7 heteroatoms. The second kappa shape index (κ2) is 8.39. The molecule has 0 atom stereocenters. The van der Waals surface area contributed by atoms with Crippen molar-refractivity contribution in [2.75, 3.05) is 11.1 Å². The van der Waals surface area contributed by atoms with E-state index in [0.29, 0.717) is 5.92 Å². The Kier molecular flexibility index (Phi) is 5.69. The van der Waals surface area contributed by atoms with Crippen molar-refractivity contribution in [3.8, 4) is 11.4 Å². The van der Waals surface area contributed by atoms with Crippen LogP contribution in [0.15, 0.2) is 59.1 Å². The molecule has 4 rings (SSSR count). The highest BCUT2D eigenvalue weighted by Gasteiger charge is 2.15. The van der Waals surface area contributed by atoms with Gasteiger partial charge in [-0.2, -0.15) is 0 Å². The highest BCUT2D eigenvalue weighted by molar-refractivity contribution is 7.99. The molecule has 0 unspecified atom stereocenters. The van der Waals surface area contributed by atoms with E-state index in [9.17, 15) is 4.79 Å². The Labute approximate surface area is 178 Å². The average molecular weight is 423 g/mol. The van der Waals surface area contributed by atoms with Gasteiger partial charge in [0.2, 0.25) is 5.91 Å². The predicted octanol–water partition coefficient (Wildman–Crippen LogP) is 5.55. The minimum absolute atomic E-state index is 0.0615. The Morgan fingerprint density at radius 2 is 1.97 bits per heavy atom. The summed E-state index contributed by atoms with van der Waals surface area (Å²) >= 11 is 3.13. The number of carbonyl (C=O) groups is 1. The summed E-state index contributed by atoms with van der Waals surface area (Å²) in [4.78, 5) is 13.8. The minimum Gasteiger partial charge on any atom is -0.325 e. The van der Waals surface area contributed by atoms with Gasteiger partial charge in [-0.15, -0.1) is 21.5 Å². The molecule has 2 aromatic heterocycles. The molecule has 0 aliphatic heterocycles. The number of nitrogens with one attached hydrogen (secondary N) is 1. The summed E-state index contributed by atoms with van der Waals surface area (Å²) in [5.74, 6) is 1.53. The van der Waals surface area contributed by atoms with Gasteiger partial charge in [0.1, 0.15) is 0 Å². The van der Waals surface area contributed by atoms with E-state index in [-0.39, 0.29) is 11.7 Å². The van der Waals surface area contributed by atoms with Crippen molar-refractivity contribution in [1.29, 1.82) is 0 Å². The van der Waals surface area contributed by atoms with Crippen LogP contribution in [0.3, 0.4) is 0 Å². The van der Waals surface area contributed by atoms with Crippen LogP contribution < -0.4 is 5.32 Å². The minimum atomic E-state index is -0.0615. The van der Waals surface area contributed by atoms with Crippen LogP contribution in [0.4, 0.5) is 5.69 Å². The summed E-state index contributed by atoms with van der Waals surface area (Å²) in [6.45, 7) is 4.37. The van der Waals surface area contributed by atoms with Gasteiger partial charge in [-0.25, -0.2) is 0 Å². The lowest BCUT2D eigenvalue weighted by molar-refractivity contribution is -0.113. The van der Waals surface area contributed by atoms with Gasteiger partial charge in [0.25, 0.3) is 0 Å². The number of hydrogen-bond acceptors (Lipinski definition) is 5. The lowest BCUT2D eigenvalue weighted by atomic mass is 10.1. The standard InChI is InChI=1S/C22H22N4OS2/c1-14(2)19-11-16(12-28-19)21-24-25-22(26(21)3)29-13-20(27)23-18-10-6-8-15-7-4-5-9-17(15)18/h4-12,14H,13H2,1-3H3,(H,23,27). The van der Waals surface area contributed by atoms with Crippen molar-refractivity contribution >= 4 is 45.5 Å². The molecule has 0 spiro atoms. The second-order valence-corrected chi connectivity index (χ2v) is 9.01. The van der Waals surface area contributed by atoms with Gasteiger partial charge in [0.05, 0.1) is 5.75 Å². The number of benzene rings is 2. The zero-order chi connectivity index (χ0) is 20.4. The van der Waals surface area contributed by atoms with E-state index in [0.717, 1.165) is 33.0 Å². The molecule has 0 radical (unpaired) electrons. The Bertz CT molecular complexity index is 1160. The molecule has 5 nitrogen and oxygen atoms in total. The summed E-state index contributed by atoms with van der Waals surface area (Å²) in [5, 5.41) is 16.6. The van der Waals surface area contributed by atoms with Gasteiger partial charge >= 0.3 is 0 Å². The normalized spacial score (nSPS) is 11.3. The quantitative estimate of drug-likeness (QED) is 0.414. The fourth-order valence-corrected chi connectivity index (χ4v) is 4.73. The third-order valence-corrected chi connectivity index (χ3v) is 6.93. The number of amides is 1. The van der Waals surface area contributed by atoms with Crippen LogP contribution >= 0.6 is 23.1 Å². The first-order valence-electron chi connectivity index (χ1n) is 9.41. The van der Waals surface area contributed by atoms with Gasteiger partial charge in [-0.1, -0.05) is 62.0 Å². The summed E-state index contributed by atoms with van der Waals surface area (Å²) in [5.41, 5.74) is 1.90. The van der Waals surface area contributed by atoms with Crippen LogP contribution in [0.25, 0.3) is 22.2 Å². The van der Waals surface area contributed by atoms with Crippen LogP contribution in [-0.2, 0) is 11.8 Å². The Morgan fingerprint density at radius 1 is 1.17 bits per heavy atom. The van der Waals surface area contributed by atoms with Gasteiger partial charge < -0.3 is 9.88 Å². The number of thioether (sulfide) groups is 1. The number of carbonyl (C=O) groups excluding carboxylic acids is 1. The Morgan fingerprint density at radius 3 is 2.76 bits per heavy atom. The summed E-state index contributed by atoms with van der Waals surface area (Å²) in [6.07, 6.45) is 0.